The maximum Gasteiger partial charge on any atom is 0.224 e. The van der Waals surface area contributed by atoms with E-state index in [4.69, 9.17) is 9.47 Å². The standard InChI is InChI=1S/C47H54N2O3.ClH/c1-51-43-33-39-23-27-46(35-40(39)34-44(43)52-2)24-11-12-29-49(46)30-14-26-47(41-17-5-3-6-18-41,42-19-7-4-8-20-42)25-13-28-48-45(50)32-36-21-22-37-15-9-10-16-38(37)31-36;/h3-10,15-22,31,33-34H,11-14,23-30,32,35H2,1-2H3,(H,48,50);1H. The number of nitrogens with one attached hydrogen (secondary N) is 1. The normalized spacial score (nSPS) is 17.2. The van der Waals surface area contributed by atoms with E-state index >= 15 is 0 Å². The molecule has 1 spiro atoms. The number of rotatable bonds is 14. The molecule has 5 aromatic rings. The summed E-state index contributed by atoms with van der Waals surface area (Å²) in [5.41, 5.74) is 6.66. The van der Waals surface area contributed by atoms with E-state index in [-0.39, 0.29) is 29.3 Å². The molecule has 6 heteroatoms. The second-order valence-corrected chi connectivity index (χ2v) is 15.1. The molecular formula is C47H55ClN2O3. The van der Waals surface area contributed by atoms with Crippen LogP contribution in [0.5, 0.6) is 11.5 Å². The topological polar surface area (TPSA) is 50.8 Å². The largest absolute Gasteiger partial charge is 0.493 e. The Morgan fingerprint density at radius 3 is 2.08 bits per heavy atom. The molecule has 1 atom stereocenters. The molecule has 53 heavy (non-hydrogen) atoms. The molecule has 1 unspecified atom stereocenters. The van der Waals surface area contributed by atoms with Crippen molar-refractivity contribution in [2.75, 3.05) is 33.9 Å². The van der Waals surface area contributed by atoms with Gasteiger partial charge in [-0.15, -0.1) is 12.4 Å². The SMILES string of the molecule is COc1cc2c(cc1OC)CC1(CCCCN1CCCC(CCCNC(=O)Cc1ccc3ccccc3c1)(c1ccccc1)c1ccccc1)CC2.Cl. The Hall–Kier alpha value is -4.32. The minimum atomic E-state index is -0.141. The van der Waals surface area contributed by atoms with Crippen LogP contribution in [-0.4, -0.2) is 50.2 Å². The van der Waals surface area contributed by atoms with Gasteiger partial charge >= 0.3 is 0 Å². The third-order valence-electron chi connectivity index (χ3n) is 12.0. The van der Waals surface area contributed by atoms with Gasteiger partial charge in [0.15, 0.2) is 11.5 Å². The summed E-state index contributed by atoms with van der Waals surface area (Å²) in [5.74, 6) is 1.75. The molecule has 7 rings (SSSR count). The van der Waals surface area contributed by atoms with Gasteiger partial charge in [0, 0.05) is 17.5 Å². The molecule has 1 aliphatic heterocycles. The van der Waals surface area contributed by atoms with E-state index < -0.39 is 0 Å². The molecule has 0 bridgehead atoms. The Balaban J connectivity index is 0.00000481. The molecular weight excluding hydrogens is 676 g/mol. The van der Waals surface area contributed by atoms with Gasteiger partial charge in [-0.05, 0) is 122 Å². The van der Waals surface area contributed by atoms with Crippen molar-refractivity contribution in [3.05, 3.63) is 143 Å². The van der Waals surface area contributed by atoms with Crippen molar-refractivity contribution in [3.8, 4) is 11.5 Å². The fraction of sp³-hybridized carbons (Fsp3) is 0.383. The van der Waals surface area contributed by atoms with Crippen LogP contribution in [0.4, 0.5) is 0 Å². The number of nitrogens with zero attached hydrogens (tertiary/aromatic N) is 1. The van der Waals surface area contributed by atoms with Crippen LogP contribution in [0.1, 0.15) is 79.2 Å². The average molecular weight is 731 g/mol. The Kier molecular flexibility index (Phi) is 12.8. The number of methoxy groups -OCH3 is 2. The zero-order chi connectivity index (χ0) is 35.8. The molecule has 0 aromatic heterocycles. The van der Waals surface area contributed by atoms with Crippen molar-refractivity contribution < 1.29 is 14.3 Å². The molecule has 5 nitrogen and oxygen atoms in total. The number of piperidine rings is 1. The lowest BCUT2D eigenvalue weighted by molar-refractivity contribution is -0.120. The van der Waals surface area contributed by atoms with Gasteiger partial charge in [0.1, 0.15) is 0 Å². The van der Waals surface area contributed by atoms with Gasteiger partial charge in [-0.3, -0.25) is 9.69 Å². The highest BCUT2D eigenvalue weighted by Crippen LogP contribution is 2.45. The summed E-state index contributed by atoms with van der Waals surface area (Å²) in [5, 5.41) is 5.63. The third-order valence-corrected chi connectivity index (χ3v) is 12.0. The van der Waals surface area contributed by atoms with Crippen LogP contribution in [0.25, 0.3) is 10.8 Å². The third kappa shape index (κ3) is 8.58. The van der Waals surface area contributed by atoms with Gasteiger partial charge < -0.3 is 14.8 Å². The molecule has 1 heterocycles. The average Bonchev–Trinajstić information content (AvgIpc) is 3.19. The van der Waals surface area contributed by atoms with Crippen LogP contribution < -0.4 is 14.8 Å². The monoisotopic (exact) mass is 730 g/mol. The quantitative estimate of drug-likeness (QED) is 0.116. The van der Waals surface area contributed by atoms with E-state index in [0.717, 1.165) is 68.7 Å². The lowest BCUT2D eigenvalue weighted by Crippen LogP contribution is -2.55. The number of hydrogen-bond acceptors (Lipinski definition) is 4. The summed E-state index contributed by atoms with van der Waals surface area (Å²) in [6.45, 7) is 2.92. The lowest BCUT2D eigenvalue weighted by atomic mass is 9.68. The zero-order valence-corrected chi connectivity index (χ0v) is 32.3. The lowest BCUT2D eigenvalue weighted by Gasteiger charge is -2.50. The second-order valence-electron chi connectivity index (χ2n) is 15.1. The highest BCUT2D eigenvalue weighted by atomic mass is 35.5. The Morgan fingerprint density at radius 1 is 0.736 bits per heavy atom. The van der Waals surface area contributed by atoms with Crippen LogP contribution in [0.2, 0.25) is 0 Å². The van der Waals surface area contributed by atoms with Gasteiger partial charge in [-0.1, -0.05) is 110 Å². The van der Waals surface area contributed by atoms with Crippen molar-refractivity contribution in [2.24, 2.45) is 0 Å². The summed E-state index contributed by atoms with van der Waals surface area (Å²) in [7, 11) is 3.47. The zero-order valence-electron chi connectivity index (χ0n) is 31.4. The number of benzene rings is 5. The van der Waals surface area contributed by atoms with Gasteiger partial charge in [0.05, 0.1) is 20.6 Å². The number of aryl methyl sites for hydroxylation is 1. The van der Waals surface area contributed by atoms with E-state index in [1.165, 1.54) is 58.7 Å². The van der Waals surface area contributed by atoms with Crippen LogP contribution in [-0.2, 0) is 29.5 Å². The van der Waals surface area contributed by atoms with Gasteiger partial charge in [0.25, 0.3) is 0 Å². The predicted molar refractivity (Wildman–Crippen MR) is 220 cm³/mol. The van der Waals surface area contributed by atoms with E-state index in [9.17, 15) is 4.79 Å². The molecule has 0 saturated carbocycles. The first-order chi connectivity index (χ1) is 25.5. The molecule has 2 aliphatic rings. The van der Waals surface area contributed by atoms with Crippen LogP contribution in [0.3, 0.4) is 0 Å². The number of ether oxygens (including phenoxy) is 2. The number of halogens is 1. The summed E-state index contributed by atoms with van der Waals surface area (Å²) in [4.78, 5) is 16.0. The van der Waals surface area contributed by atoms with Crippen LogP contribution >= 0.6 is 12.4 Å². The fourth-order valence-electron chi connectivity index (χ4n) is 9.32. The first-order valence-corrected chi connectivity index (χ1v) is 19.4. The first kappa shape index (κ1) is 38.4. The number of amides is 1. The molecule has 0 radical (unpaired) electrons. The van der Waals surface area contributed by atoms with Crippen molar-refractivity contribution in [1.82, 2.24) is 10.2 Å². The fourth-order valence-corrected chi connectivity index (χ4v) is 9.32. The molecule has 278 valence electrons. The predicted octanol–water partition coefficient (Wildman–Crippen LogP) is 9.90. The Labute approximate surface area is 322 Å². The maximum atomic E-state index is 13.1. The highest BCUT2D eigenvalue weighted by Gasteiger charge is 2.42. The highest BCUT2D eigenvalue weighted by molar-refractivity contribution is 5.86. The number of hydrogen-bond donors (Lipinski definition) is 1. The van der Waals surface area contributed by atoms with Gasteiger partial charge in [0.2, 0.25) is 5.91 Å². The van der Waals surface area contributed by atoms with E-state index in [2.05, 4.69) is 119 Å². The van der Waals surface area contributed by atoms with Crippen molar-refractivity contribution in [3.63, 3.8) is 0 Å². The summed E-state index contributed by atoms with van der Waals surface area (Å²) in [6, 6.07) is 41.3. The number of fused-ring (bicyclic) bond motifs is 2. The molecule has 1 fully saturated rings. The maximum absolute atomic E-state index is 13.1. The Morgan fingerprint density at radius 2 is 1.38 bits per heavy atom. The summed E-state index contributed by atoms with van der Waals surface area (Å²) in [6.07, 6.45) is 11.6. The smallest absolute Gasteiger partial charge is 0.224 e. The molecule has 1 N–H and O–H groups in total. The molecule has 1 aliphatic carbocycles. The van der Waals surface area contributed by atoms with Gasteiger partial charge in [-0.25, -0.2) is 0 Å². The second kappa shape index (κ2) is 17.7. The van der Waals surface area contributed by atoms with E-state index in [1.54, 1.807) is 14.2 Å². The number of carbonyl (C=O) groups is 1. The van der Waals surface area contributed by atoms with Gasteiger partial charge in [-0.2, -0.15) is 0 Å². The van der Waals surface area contributed by atoms with Crippen LogP contribution in [0.15, 0.2) is 115 Å². The first-order valence-electron chi connectivity index (χ1n) is 19.4. The van der Waals surface area contributed by atoms with Crippen molar-refractivity contribution in [2.45, 2.75) is 81.6 Å². The minimum absolute atomic E-state index is 0. The molecule has 1 amide bonds. The minimum Gasteiger partial charge on any atom is -0.493 e. The van der Waals surface area contributed by atoms with E-state index in [1.807, 2.05) is 6.07 Å². The molecule has 1 saturated heterocycles. The van der Waals surface area contributed by atoms with Crippen LogP contribution in [0, 0.1) is 0 Å². The number of likely N-dealkylation sites (tertiary alicyclic amines) is 1. The molecule has 5 aromatic carbocycles. The summed E-state index contributed by atoms with van der Waals surface area (Å²) >= 11 is 0. The summed E-state index contributed by atoms with van der Waals surface area (Å²) < 4.78 is 11.4. The van der Waals surface area contributed by atoms with Crippen molar-refractivity contribution >= 4 is 29.1 Å². The van der Waals surface area contributed by atoms with E-state index in [0.29, 0.717) is 13.0 Å². The Bertz CT molecular complexity index is 1910. The van der Waals surface area contributed by atoms with Crippen molar-refractivity contribution in [1.29, 1.82) is 0 Å². The number of carbonyl (C=O) groups excluding carboxylic acids is 1.